The molecule has 0 heterocycles. The van der Waals surface area contributed by atoms with Gasteiger partial charge in [-0.2, -0.15) is 14.0 Å². The highest BCUT2D eigenvalue weighted by Crippen LogP contribution is 2.28. The first kappa shape index (κ1) is 14.2. The number of nitriles is 1. The van der Waals surface area contributed by atoms with Crippen LogP contribution in [0, 0.1) is 11.3 Å². The Morgan fingerprint density at radius 1 is 1.56 bits per heavy atom. The molecule has 0 amide bonds. The Labute approximate surface area is 107 Å². The summed E-state index contributed by atoms with van der Waals surface area (Å²) in [4.78, 5) is 11.4. The topological polar surface area (TPSA) is 59.3 Å². The molecule has 0 saturated carbocycles. The van der Waals surface area contributed by atoms with Crippen LogP contribution < -0.4 is 4.74 Å². The smallest absolute Gasteiger partial charge is 0.387 e. The van der Waals surface area contributed by atoms with Crippen LogP contribution in [0.4, 0.5) is 8.78 Å². The summed E-state index contributed by atoms with van der Waals surface area (Å²) in [5.74, 6) is -1.22. The molecular formula is C11H8ClF2NO3. The number of rotatable bonds is 4. The Morgan fingerprint density at radius 2 is 2.22 bits per heavy atom. The number of benzene rings is 1. The molecule has 18 heavy (non-hydrogen) atoms. The lowest BCUT2D eigenvalue weighted by atomic mass is 10.0. The fraction of sp³-hybridized carbons (Fsp3) is 0.273. The number of halogens is 3. The highest BCUT2D eigenvalue weighted by molar-refractivity contribution is 6.17. The first-order chi connectivity index (χ1) is 8.54. The third-order valence-electron chi connectivity index (χ3n) is 2.14. The molecular weight excluding hydrogens is 268 g/mol. The summed E-state index contributed by atoms with van der Waals surface area (Å²) < 4.78 is 33.0. The van der Waals surface area contributed by atoms with Gasteiger partial charge in [-0.25, -0.2) is 4.79 Å². The van der Waals surface area contributed by atoms with Crippen molar-refractivity contribution in [1.82, 2.24) is 0 Å². The fourth-order valence-corrected chi connectivity index (χ4v) is 1.64. The number of hydrogen-bond acceptors (Lipinski definition) is 4. The normalized spacial score (nSPS) is 10.0. The quantitative estimate of drug-likeness (QED) is 0.626. The molecule has 1 aromatic rings. The van der Waals surface area contributed by atoms with E-state index in [4.69, 9.17) is 16.9 Å². The number of hydrogen-bond donors (Lipinski definition) is 0. The van der Waals surface area contributed by atoms with Crippen molar-refractivity contribution >= 4 is 17.6 Å². The highest BCUT2D eigenvalue weighted by Gasteiger charge is 2.20. The summed E-state index contributed by atoms with van der Waals surface area (Å²) in [7, 11) is 1.15. The maximum absolute atomic E-state index is 12.2. The van der Waals surface area contributed by atoms with Crippen molar-refractivity contribution in [3.8, 4) is 11.8 Å². The van der Waals surface area contributed by atoms with Gasteiger partial charge in [-0.3, -0.25) is 0 Å². The molecule has 0 spiro atoms. The molecule has 0 aromatic heterocycles. The molecule has 0 radical (unpaired) electrons. The van der Waals surface area contributed by atoms with Crippen LogP contribution >= 0.6 is 11.6 Å². The SMILES string of the molecule is COC(=O)c1ccc(OC(F)F)c(CCl)c1C#N. The van der Waals surface area contributed by atoms with E-state index in [-0.39, 0.29) is 28.3 Å². The van der Waals surface area contributed by atoms with Crippen molar-refractivity contribution in [3.63, 3.8) is 0 Å². The Balaban J connectivity index is 3.37. The number of ether oxygens (including phenoxy) is 2. The minimum atomic E-state index is -3.04. The van der Waals surface area contributed by atoms with E-state index >= 15 is 0 Å². The van der Waals surface area contributed by atoms with Crippen molar-refractivity contribution in [2.24, 2.45) is 0 Å². The Hall–Kier alpha value is -1.87. The van der Waals surface area contributed by atoms with Gasteiger partial charge in [0.05, 0.1) is 24.1 Å². The van der Waals surface area contributed by atoms with E-state index < -0.39 is 12.6 Å². The van der Waals surface area contributed by atoms with Gasteiger partial charge in [0.15, 0.2) is 0 Å². The zero-order chi connectivity index (χ0) is 13.7. The van der Waals surface area contributed by atoms with Crippen LogP contribution in [-0.4, -0.2) is 19.7 Å². The standard InChI is InChI=1S/C11H8ClF2NO3/c1-17-10(16)6-2-3-9(18-11(13)14)7(4-12)8(6)5-15/h2-3,11H,4H2,1H3. The van der Waals surface area contributed by atoms with E-state index in [0.29, 0.717) is 0 Å². The van der Waals surface area contributed by atoms with Crippen molar-refractivity contribution < 1.29 is 23.0 Å². The van der Waals surface area contributed by atoms with Gasteiger partial charge in [-0.05, 0) is 12.1 Å². The fourth-order valence-electron chi connectivity index (χ4n) is 1.38. The Morgan fingerprint density at radius 3 is 2.67 bits per heavy atom. The van der Waals surface area contributed by atoms with E-state index in [0.717, 1.165) is 13.2 Å². The average molecular weight is 276 g/mol. The third kappa shape index (κ3) is 2.87. The number of alkyl halides is 3. The summed E-state index contributed by atoms with van der Waals surface area (Å²) in [5.41, 5.74) is -0.144. The second kappa shape index (κ2) is 6.17. The van der Waals surface area contributed by atoms with Gasteiger partial charge in [0, 0.05) is 5.56 Å². The van der Waals surface area contributed by atoms with E-state index in [1.165, 1.54) is 6.07 Å². The predicted molar refractivity (Wildman–Crippen MR) is 58.7 cm³/mol. The lowest BCUT2D eigenvalue weighted by Crippen LogP contribution is -2.10. The molecule has 1 rings (SSSR count). The van der Waals surface area contributed by atoms with Crippen molar-refractivity contribution in [3.05, 3.63) is 28.8 Å². The molecule has 0 N–H and O–H groups in total. The van der Waals surface area contributed by atoms with Crippen molar-refractivity contribution in [2.75, 3.05) is 7.11 Å². The molecule has 1 aromatic carbocycles. The summed E-state index contributed by atoms with van der Waals surface area (Å²) in [6.45, 7) is -3.04. The lowest BCUT2D eigenvalue weighted by molar-refractivity contribution is -0.0503. The summed E-state index contributed by atoms with van der Waals surface area (Å²) in [5, 5.41) is 8.97. The maximum atomic E-state index is 12.2. The van der Waals surface area contributed by atoms with Crippen LogP contribution in [0.25, 0.3) is 0 Å². The first-order valence-corrected chi connectivity index (χ1v) is 5.23. The molecule has 0 atom stereocenters. The zero-order valence-corrected chi connectivity index (χ0v) is 10.0. The number of nitrogens with zero attached hydrogens (tertiary/aromatic N) is 1. The van der Waals surface area contributed by atoms with Gasteiger partial charge in [-0.15, -0.1) is 11.6 Å². The minimum Gasteiger partial charge on any atom is -0.465 e. The molecule has 0 aliphatic heterocycles. The average Bonchev–Trinajstić information content (AvgIpc) is 2.36. The molecule has 0 fully saturated rings. The zero-order valence-electron chi connectivity index (χ0n) is 9.25. The second-order valence-electron chi connectivity index (χ2n) is 3.08. The summed E-state index contributed by atoms with van der Waals surface area (Å²) in [6.07, 6.45) is 0. The minimum absolute atomic E-state index is 0.0300. The van der Waals surface area contributed by atoms with Gasteiger partial charge in [0.25, 0.3) is 0 Å². The maximum Gasteiger partial charge on any atom is 0.387 e. The molecule has 0 unspecified atom stereocenters. The van der Waals surface area contributed by atoms with Crippen molar-refractivity contribution in [1.29, 1.82) is 5.26 Å². The predicted octanol–water partition coefficient (Wildman–Crippen LogP) is 2.69. The summed E-state index contributed by atoms with van der Waals surface area (Å²) in [6, 6.07) is 4.06. The van der Waals surface area contributed by atoms with Gasteiger partial charge in [-0.1, -0.05) is 0 Å². The van der Waals surface area contributed by atoms with E-state index in [2.05, 4.69) is 9.47 Å². The third-order valence-corrected chi connectivity index (χ3v) is 2.40. The van der Waals surface area contributed by atoms with Crippen LogP contribution in [0.5, 0.6) is 5.75 Å². The van der Waals surface area contributed by atoms with Crippen LogP contribution in [0.15, 0.2) is 12.1 Å². The van der Waals surface area contributed by atoms with Gasteiger partial charge in [0.2, 0.25) is 0 Å². The molecule has 0 aliphatic rings. The first-order valence-electron chi connectivity index (χ1n) is 4.70. The van der Waals surface area contributed by atoms with Gasteiger partial charge in [0.1, 0.15) is 11.8 Å². The van der Waals surface area contributed by atoms with Gasteiger partial charge >= 0.3 is 12.6 Å². The number of carbonyl (C=O) groups is 1. The van der Waals surface area contributed by atoms with E-state index in [1.807, 2.05) is 0 Å². The van der Waals surface area contributed by atoms with Crippen LogP contribution in [0.2, 0.25) is 0 Å². The number of esters is 1. The van der Waals surface area contributed by atoms with Crippen LogP contribution in [0.3, 0.4) is 0 Å². The number of methoxy groups -OCH3 is 1. The van der Waals surface area contributed by atoms with E-state index in [9.17, 15) is 13.6 Å². The molecule has 0 saturated heterocycles. The number of carbonyl (C=O) groups excluding carboxylic acids is 1. The lowest BCUT2D eigenvalue weighted by Gasteiger charge is -2.12. The Bertz CT molecular complexity index is 500. The second-order valence-corrected chi connectivity index (χ2v) is 3.35. The largest absolute Gasteiger partial charge is 0.465 e. The molecule has 7 heteroatoms. The van der Waals surface area contributed by atoms with Gasteiger partial charge < -0.3 is 9.47 Å². The monoisotopic (exact) mass is 275 g/mol. The van der Waals surface area contributed by atoms with Crippen LogP contribution in [-0.2, 0) is 10.6 Å². The van der Waals surface area contributed by atoms with E-state index in [1.54, 1.807) is 6.07 Å². The molecule has 0 aliphatic carbocycles. The Kier molecular flexibility index (Phi) is 4.86. The molecule has 4 nitrogen and oxygen atoms in total. The molecule has 0 bridgehead atoms. The highest BCUT2D eigenvalue weighted by atomic mass is 35.5. The van der Waals surface area contributed by atoms with Crippen molar-refractivity contribution in [2.45, 2.75) is 12.5 Å². The van der Waals surface area contributed by atoms with Crippen LogP contribution in [0.1, 0.15) is 21.5 Å². The summed E-state index contributed by atoms with van der Waals surface area (Å²) >= 11 is 5.59. The molecule has 96 valence electrons.